The van der Waals surface area contributed by atoms with Gasteiger partial charge in [0, 0.05) is 29.8 Å². The predicted octanol–water partition coefficient (Wildman–Crippen LogP) is 6.22. The number of pyridine rings is 1. The Labute approximate surface area is 229 Å². The lowest BCUT2D eigenvalue weighted by molar-refractivity contribution is -0.137. The molecular weight excluding hydrogens is 496 g/mol. The second-order valence-corrected chi connectivity index (χ2v) is 9.71. The molecule has 2 aromatic carbocycles. The molecule has 0 fully saturated rings. The van der Waals surface area contributed by atoms with E-state index in [0.29, 0.717) is 34.0 Å². The van der Waals surface area contributed by atoms with Crippen LogP contribution >= 0.6 is 0 Å². The summed E-state index contributed by atoms with van der Waals surface area (Å²) in [5.41, 5.74) is 1.99. The minimum absolute atomic E-state index is 0.137. The number of methoxy groups -OCH3 is 1. The van der Waals surface area contributed by atoms with E-state index in [-0.39, 0.29) is 18.8 Å². The molecule has 3 aromatic rings. The van der Waals surface area contributed by atoms with Crippen molar-refractivity contribution in [1.82, 2.24) is 4.98 Å². The number of nitrogens with zero attached hydrogens (tertiary/aromatic N) is 1. The van der Waals surface area contributed by atoms with Gasteiger partial charge in [-0.1, -0.05) is 42.5 Å². The molecule has 0 aliphatic carbocycles. The van der Waals surface area contributed by atoms with E-state index in [1.54, 1.807) is 82.3 Å². The molecule has 1 atom stereocenters. The van der Waals surface area contributed by atoms with Gasteiger partial charge in [-0.3, -0.25) is 15.1 Å². The van der Waals surface area contributed by atoms with Gasteiger partial charge in [0.25, 0.3) is 0 Å². The maximum atomic E-state index is 13.9. The summed E-state index contributed by atoms with van der Waals surface area (Å²) in [6.45, 7) is 7.34. The first-order chi connectivity index (χ1) is 18.6. The summed E-state index contributed by atoms with van der Waals surface area (Å²) in [6, 6.07) is 19.5. The normalized spacial score (nSPS) is 12.0. The van der Waals surface area contributed by atoms with Gasteiger partial charge in [-0.2, -0.15) is 0 Å². The summed E-state index contributed by atoms with van der Waals surface area (Å²) in [5.74, 6) is -0.778. The lowest BCUT2D eigenvalue weighted by atomic mass is 9.85. The van der Waals surface area contributed by atoms with Gasteiger partial charge in [-0.15, -0.1) is 0 Å². The molecular formula is C31H34N2O6. The van der Waals surface area contributed by atoms with Gasteiger partial charge in [0.1, 0.15) is 11.4 Å². The number of hydrogen-bond acceptors (Lipinski definition) is 7. The summed E-state index contributed by atoms with van der Waals surface area (Å²) in [6.07, 6.45) is 2.48. The molecule has 39 heavy (non-hydrogen) atoms. The van der Waals surface area contributed by atoms with Crippen molar-refractivity contribution in [2.24, 2.45) is 0 Å². The molecule has 1 N–H and O–H groups in total. The Bertz CT molecular complexity index is 1330. The average Bonchev–Trinajstić information content (AvgIpc) is 2.90. The van der Waals surface area contributed by atoms with Crippen molar-refractivity contribution >= 4 is 29.6 Å². The van der Waals surface area contributed by atoms with E-state index in [2.05, 4.69) is 10.3 Å². The standard InChI is InChI=1S/C31H34N2O6/c1-6-38-28(34)18-15-22-13-10-14-23(32-22)19-26(29(35)21-11-8-7-9-12-21)25-17-16-24(37-5)20-27(25)33-30(36)39-31(2,3)4/h7-18,20,26H,6,19H2,1-5H3,(H,33,36)/b18-15+. The molecule has 8 heteroatoms. The Hall–Kier alpha value is -4.46. The van der Waals surface area contributed by atoms with Crippen LogP contribution in [0.2, 0.25) is 0 Å². The first-order valence-corrected chi connectivity index (χ1v) is 12.7. The molecule has 1 amide bonds. The van der Waals surface area contributed by atoms with Crippen LogP contribution in [0, 0.1) is 0 Å². The largest absolute Gasteiger partial charge is 0.497 e. The van der Waals surface area contributed by atoms with Gasteiger partial charge in [0.05, 0.1) is 31.0 Å². The van der Waals surface area contributed by atoms with Crippen molar-refractivity contribution in [3.8, 4) is 5.75 Å². The van der Waals surface area contributed by atoms with E-state index in [0.717, 1.165) is 0 Å². The summed E-state index contributed by atoms with van der Waals surface area (Å²) in [5, 5.41) is 2.79. The predicted molar refractivity (Wildman–Crippen MR) is 150 cm³/mol. The van der Waals surface area contributed by atoms with E-state index >= 15 is 0 Å². The second kappa shape index (κ2) is 13.4. The highest BCUT2D eigenvalue weighted by Gasteiger charge is 2.27. The Kier molecular flexibility index (Phi) is 9.98. The van der Waals surface area contributed by atoms with Crippen LogP contribution in [0.15, 0.2) is 72.8 Å². The van der Waals surface area contributed by atoms with Gasteiger partial charge in [0.2, 0.25) is 0 Å². The number of benzene rings is 2. The fraction of sp³-hybridized carbons (Fsp3) is 0.290. The molecule has 8 nitrogen and oxygen atoms in total. The smallest absolute Gasteiger partial charge is 0.412 e. The highest BCUT2D eigenvalue weighted by molar-refractivity contribution is 6.02. The van der Waals surface area contributed by atoms with Crippen molar-refractivity contribution in [3.05, 3.63) is 95.3 Å². The Balaban J connectivity index is 2.03. The number of amides is 1. The second-order valence-electron chi connectivity index (χ2n) is 9.71. The van der Waals surface area contributed by atoms with Gasteiger partial charge < -0.3 is 14.2 Å². The van der Waals surface area contributed by atoms with Crippen LogP contribution in [-0.4, -0.2) is 42.1 Å². The molecule has 204 valence electrons. The van der Waals surface area contributed by atoms with Crippen LogP contribution in [0.3, 0.4) is 0 Å². The lowest BCUT2D eigenvalue weighted by Gasteiger charge is -2.23. The van der Waals surface area contributed by atoms with Gasteiger partial charge in [-0.05, 0) is 57.5 Å². The van der Waals surface area contributed by atoms with E-state index in [1.807, 2.05) is 18.2 Å². The van der Waals surface area contributed by atoms with Crippen LogP contribution in [0.1, 0.15) is 60.9 Å². The van der Waals surface area contributed by atoms with Crippen LogP contribution in [-0.2, 0) is 20.7 Å². The average molecular weight is 531 g/mol. The van der Waals surface area contributed by atoms with Crippen LogP contribution in [0.5, 0.6) is 5.75 Å². The molecule has 0 radical (unpaired) electrons. The molecule has 1 aromatic heterocycles. The molecule has 3 rings (SSSR count). The fourth-order valence-electron chi connectivity index (χ4n) is 3.89. The Morgan fingerprint density at radius 1 is 1.00 bits per heavy atom. The highest BCUT2D eigenvalue weighted by atomic mass is 16.6. The van der Waals surface area contributed by atoms with Crippen LogP contribution < -0.4 is 10.1 Å². The molecule has 0 aliphatic heterocycles. The zero-order valence-corrected chi connectivity index (χ0v) is 22.9. The van der Waals surface area contributed by atoms with Crippen molar-refractivity contribution in [1.29, 1.82) is 0 Å². The summed E-state index contributed by atoms with van der Waals surface area (Å²) in [7, 11) is 1.53. The third-order valence-corrected chi connectivity index (χ3v) is 5.56. The van der Waals surface area contributed by atoms with E-state index < -0.39 is 23.6 Å². The van der Waals surface area contributed by atoms with Gasteiger partial charge in [-0.25, -0.2) is 9.59 Å². The molecule has 0 saturated carbocycles. The van der Waals surface area contributed by atoms with E-state index in [1.165, 1.54) is 13.2 Å². The number of ether oxygens (including phenoxy) is 3. The number of ketones is 1. The third-order valence-electron chi connectivity index (χ3n) is 5.56. The minimum Gasteiger partial charge on any atom is -0.497 e. The highest BCUT2D eigenvalue weighted by Crippen LogP contribution is 2.34. The summed E-state index contributed by atoms with van der Waals surface area (Å²) >= 11 is 0. The van der Waals surface area contributed by atoms with Gasteiger partial charge in [0.15, 0.2) is 5.78 Å². The van der Waals surface area contributed by atoms with Crippen LogP contribution in [0.25, 0.3) is 6.08 Å². The van der Waals surface area contributed by atoms with Crippen molar-refractivity contribution in [3.63, 3.8) is 0 Å². The zero-order chi connectivity index (χ0) is 28.4. The number of esters is 1. The number of hydrogen-bond donors (Lipinski definition) is 1. The molecule has 1 unspecified atom stereocenters. The Morgan fingerprint density at radius 3 is 2.41 bits per heavy atom. The van der Waals surface area contributed by atoms with Crippen molar-refractivity contribution in [2.45, 2.75) is 45.6 Å². The minimum atomic E-state index is -0.705. The molecule has 1 heterocycles. The lowest BCUT2D eigenvalue weighted by Crippen LogP contribution is -2.28. The molecule has 0 spiro atoms. The van der Waals surface area contributed by atoms with E-state index in [4.69, 9.17) is 14.2 Å². The van der Waals surface area contributed by atoms with E-state index in [9.17, 15) is 14.4 Å². The fourth-order valence-corrected chi connectivity index (χ4v) is 3.89. The number of anilines is 1. The monoisotopic (exact) mass is 530 g/mol. The molecule has 0 saturated heterocycles. The number of carbonyl (C=O) groups is 3. The molecule has 0 aliphatic rings. The number of carbonyl (C=O) groups excluding carboxylic acids is 3. The Morgan fingerprint density at radius 2 is 1.74 bits per heavy atom. The number of Topliss-reactive ketones (excluding diaryl/α,β-unsaturated/α-hetero) is 1. The third kappa shape index (κ3) is 8.81. The number of rotatable bonds is 10. The maximum Gasteiger partial charge on any atom is 0.412 e. The number of aromatic nitrogens is 1. The molecule has 0 bridgehead atoms. The van der Waals surface area contributed by atoms with Gasteiger partial charge >= 0.3 is 12.1 Å². The summed E-state index contributed by atoms with van der Waals surface area (Å²) in [4.78, 5) is 42.9. The van der Waals surface area contributed by atoms with Crippen LogP contribution in [0.4, 0.5) is 10.5 Å². The van der Waals surface area contributed by atoms with Crippen molar-refractivity contribution in [2.75, 3.05) is 19.0 Å². The first-order valence-electron chi connectivity index (χ1n) is 12.7. The zero-order valence-electron chi connectivity index (χ0n) is 22.9. The summed E-state index contributed by atoms with van der Waals surface area (Å²) < 4.78 is 15.8. The SMILES string of the molecule is CCOC(=O)/C=C/c1cccc(CC(C(=O)c2ccccc2)c2ccc(OC)cc2NC(=O)OC(C)(C)C)n1. The topological polar surface area (TPSA) is 104 Å². The number of nitrogens with one attached hydrogen (secondary N) is 1. The first kappa shape index (κ1) is 29.1. The van der Waals surface area contributed by atoms with Crippen molar-refractivity contribution < 1.29 is 28.6 Å². The maximum absolute atomic E-state index is 13.9. The quantitative estimate of drug-likeness (QED) is 0.188.